The fourth-order valence-corrected chi connectivity index (χ4v) is 4.49. The summed E-state index contributed by atoms with van der Waals surface area (Å²) in [5.41, 5.74) is 3.79. The van der Waals surface area contributed by atoms with E-state index in [0.717, 1.165) is 23.0 Å². The van der Waals surface area contributed by atoms with Crippen LogP contribution in [-0.4, -0.2) is 22.6 Å². The lowest BCUT2D eigenvalue weighted by molar-refractivity contribution is 0.0600. The Morgan fingerprint density at radius 1 is 1.00 bits per heavy atom. The van der Waals surface area contributed by atoms with Gasteiger partial charge in [-0.1, -0.05) is 72.4 Å². The van der Waals surface area contributed by atoms with Gasteiger partial charge in [-0.25, -0.2) is 9.78 Å². The minimum absolute atomic E-state index is 0.309. The van der Waals surface area contributed by atoms with Crippen LogP contribution in [0.3, 0.4) is 0 Å². The number of esters is 1. The number of aryl methyl sites for hydroxylation is 1. The number of aromatic nitrogens is 2. The van der Waals surface area contributed by atoms with Crippen LogP contribution in [0.15, 0.2) is 78.1 Å². The fraction of sp³-hybridized carbons (Fsp3) is 0.167. The van der Waals surface area contributed by atoms with Gasteiger partial charge in [0.1, 0.15) is 0 Å². The second-order valence-electron chi connectivity index (χ2n) is 6.87. The van der Waals surface area contributed by atoms with Crippen molar-refractivity contribution >= 4 is 28.5 Å². The molecule has 0 bridgehead atoms. The summed E-state index contributed by atoms with van der Waals surface area (Å²) in [4.78, 5) is 16.7. The van der Waals surface area contributed by atoms with Gasteiger partial charge in [0.2, 0.25) is 0 Å². The normalized spacial score (nSPS) is 11.0. The maximum Gasteiger partial charge on any atom is 0.338 e. The van der Waals surface area contributed by atoms with E-state index in [-0.39, 0.29) is 5.97 Å². The SMILES string of the molecule is COC(=O)c1ccccc1CSc1nc(C)cn1Cc1cccc2ccccc12. The Hall–Kier alpha value is -3.05. The molecule has 146 valence electrons. The largest absolute Gasteiger partial charge is 0.465 e. The molecule has 0 spiro atoms. The lowest BCUT2D eigenvalue weighted by Crippen LogP contribution is -2.05. The van der Waals surface area contributed by atoms with Gasteiger partial charge < -0.3 is 9.30 Å². The molecule has 0 saturated carbocycles. The molecule has 0 radical (unpaired) electrons. The Bertz CT molecular complexity index is 1160. The molecule has 29 heavy (non-hydrogen) atoms. The quantitative estimate of drug-likeness (QED) is 0.317. The van der Waals surface area contributed by atoms with Crippen LogP contribution in [0.1, 0.15) is 27.2 Å². The number of fused-ring (bicyclic) bond motifs is 1. The van der Waals surface area contributed by atoms with Crippen LogP contribution in [0.5, 0.6) is 0 Å². The van der Waals surface area contributed by atoms with E-state index < -0.39 is 0 Å². The number of nitrogens with zero attached hydrogens (tertiary/aromatic N) is 2. The molecule has 0 N–H and O–H groups in total. The van der Waals surface area contributed by atoms with Gasteiger partial charge in [-0.15, -0.1) is 0 Å². The van der Waals surface area contributed by atoms with Crippen molar-refractivity contribution in [2.24, 2.45) is 0 Å². The first kappa shape index (κ1) is 19.3. The molecule has 0 aliphatic carbocycles. The summed E-state index contributed by atoms with van der Waals surface area (Å²) < 4.78 is 7.09. The highest BCUT2D eigenvalue weighted by atomic mass is 32.2. The van der Waals surface area contributed by atoms with Gasteiger partial charge in [0.15, 0.2) is 5.16 Å². The zero-order chi connectivity index (χ0) is 20.2. The van der Waals surface area contributed by atoms with Crippen molar-refractivity contribution in [3.63, 3.8) is 0 Å². The van der Waals surface area contributed by atoms with Crippen LogP contribution in [0.4, 0.5) is 0 Å². The Labute approximate surface area is 174 Å². The number of carbonyl (C=O) groups is 1. The number of imidazole rings is 1. The third-order valence-corrected chi connectivity index (χ3v) is 5.90. The van der Waals surface area contributed by atoms with Crippen molar-refractivity contribution in [1.29, 1.82) is 0 Å². The molecule has 4 aromatic rings. The van der Waals surface area contributed by atoms with Gasteiger partial charge >= 0.3 is 5.97 Å². The fourth-order valence-electron chi connectivity index (χ4n) is 3.46. The lowest BCUT2D eigenvalue weighted by Gasteiger charge is -2.11. The molecule has 0 saturated heterocycles. The number of carbonyl (C=O) groups excluding carboxylic acids is 1. The van der Waals surface area contributed by atoms with E-state index in [1.165, 1.54) is 23.4 Å². The zero-order valence-corrected chi connectivity index (χ0v) is 17.3. The lowest BCUT2D eigenvalue weighted by atomic mass is 10.0. The number of hydrogen-bond donors (Lipinski definition) is 0. The molecule has 1 aromatic heterocycles. The molecule has 0 aliphatic rings. The first-order valence-corrected chi connectivity index (χ1v) is 10.4. The molecule has 4 nitrogen and oxygen atoms in total. The number of rotatable bonds is 6. The summed E-state index contributed by atoms with van der Waals surface area (Å²) in [6.45, 7) is 2.76. The summed E-state index contributed by atoms with van der Waals surface area (Å²) in [7, 11) is 1.41. The Kier molecular flexibility index (Phi) is 5.67. The molecule has 1 heterocycles. The van der Waals surface area contributed by atoms with Crippen molar-refractivity contribution in [2.45, 2.75) is 24.4 Å². The van der Waals surface area contributed by atoms with Crippen LogP contribution in [-0.2, 0) is 17.0 Å². The Morgan fingerprint density at radius 2 is 1.72 bits per heavy atom. The monoisotopic (exact) mass is 402 g/mol. The number of benzene rings is 3. The number of thioether (sulfide) groups is 1. The highest BCUT2D eigenvalue weighted by Gasteiger charge is 2.14. The topological polar surface area (TPSA) is 44.1 Å². The van der Waals surface area contributed by atoms with Crippen molar-refractivity contribution in [3.8, 4) is 0 Å². The van der Waals surface area contributed by atoms with E-state index in [0.29, 0.717) is 11.3 Å². The minimum Gasteiger partial charge on any atom is -0.465 e. The third kappa shape index (κ3) is 4.20. The first-order valence-electron chi connectivity index (χ1n) is 9.45. The molecular formula is C24H22N2O2S. The molecule has 0 fully saturated rings. The van der Waals surface area contributed by atoms with Crippen molar-refractivity contribution in [2.75, 3.05) is 7.11 Å². The van der Waals surface area contributed by atoms with Gasteiger partial charge in [-0.3, -0.25) is 0 Å². The molecule has 5 heteroatoms. The van der Waals surface area contributed by atoms with Crippen molar-refractivity contribution in [1.82, 2.24) is 9.55 Å². The van der Waals surface area contributed by atoms with Gasteiger partial charge in [-0.2, -0.15) is 0 Å². The van der Waals surface area contributed by atoms with Gasteiger partial charge in [0.25, 0.3) is 0 Å². The highest BCUT2D eigenvalue weighted by molar-refractivity contribution is 7.98. The van der Waals surface area contributed by atoms with Gasteiger partial charge in [0, 0.05) is 11.9 Å². The summed E-state index contributed by atoms with van der Waals surface area (Å²) >= 11 is 1.63. The summed E-state index contributed by atoms with van der Waals surface area (Å²) in [5, 5.41) is 3.44. The maximum atomic E-state index is 12.0. The molecule has 0 atom stereocenters. The third-order valence-electron chi connectivity index (χ3n) is 4.86. The van der Waals surface area contributed by atoms with E-state index in [1.54, 1.807) is 17.8 Å². The van der Waals surface area contributed by atoms with Crippen LogP contribution in [0.25, 0.3) is 10.8 Å². The Balaban J connectivity index is 1.59. The second-order valence-corrected chi connectivity index (χ2v) is 7.81. The summed E-state index contributed by atoms with van der Waals surface area (Å²) in [6, 6.07) is 22.4. The molecule has 3 aromatic carbocycles. The standard InChI is InChI=1S/C24H22N2O2S/c1-17-14-26(15-19-11-7-10-18-8-3-5-12-21(18)19)24(25-17)29-16-20-9-4-6-13-22(20)23(27)28-2/h3-14H,15-16H2,1-2H3. The van der Waals surface area contributed by atoms with Crippen LogP contribution < -0.4 is 0 Å². The highest BCUT2D eigenvalue weighted by Crippen LogP contribution is 2.27. The molecular weight excluding hydrogens is 380 g/mol. The number of methoxy groups -OCH3 is 1. The molecule has 0 aliphatic heterocycles. The number of ether oxygens (including phenoxy) is 1. The van der Waals surface area contributed by atoms with E-state index in [1.807, 2.05) is 25.1 Å². The first-order chi connectivity index (χ1) is 14.2. The molecule has 4 rings (SSSR count). The van der Waals surface area contributed by atoms with Crippen molar-refractivity contribution < 1.29 is 9.53 Å². The summed E-state index contributed by atoms with van der Waals surface area (Å²) in [6.07, 6.45) is 2.08. The molecule has 0 amide bonds. The van der Waals surface area contributed by atoms with Crippen LogP contribution in [0.2, 0.25) is 0 Å². The van der Waals surface area contributed by atoms with E-state index in [2.05, 4.69) is 53.2 Å². The average Bonchev–Trinajstić information content (AvgIpc) is 3.11. The van der Waals surface area contributed by atoms with E-state index in [4.69, 9.17) is 9.72 Å². The minimum atomic E-state index is -0.309. The van der Waals surface area contributed by atoms with Crippen LogP contribution in [0, 0.1) is 6.92 Å². The van der Waals surface area contributed by atoms with Crippen LogP contribution >= 0.6 is 11.8 Å². The predicted molar refractivity (Wildman–Crippen MR) is 117 cm³/mol. The number of hydrogen-bond acceptors (Lipinski definition) is 4. The van der Waals surface area contributed by atoms with Gasteiger partial charge in [0.05, 0.1) is 24.9 Å². The maximum absolute atomic E-state index is 12.0. The zero-order valence-electron chi connectivity index (χ0n) is 16.5. The van der Waals surface area contributed by atoms with E-state index >= 15 is 0 Å². The Morgan fingerprint density at radius 3 is 2.59 bits per heavy atom. The smallest absolute Gasteiger partial charge is 0.338 e. The van der Waals surface area contributed by atoms with Crippen molar-refractivity contribution in [3.05, 3.63) is 95.3 Å². The van der Waals surface area contributed by atoms with Gasteiger partial charge in [-0.05, 0) is 34.9 Å². The predicted octanol–water partition coefficient (Wildman–Crippen LogP) is 5.47. The average molecular weight is 403 g/mol. The second kappa shape index (κ2) is 8.53. The summed E-state index contributed by atoms with van der Waals surface area (Å²) in [5.74, 6) is 0.341. The van der Waals surface area contributed by atoms with E-state index in [9.17, 15) is 4.79 Å². The molecule has 0 unspecified atom stereocenters.